The summed E-state index contributed by atoms with van der Waals surface area (Å²) in [6, 6.07) is 6.21. The summed E-state index contributed by atoms with van der Waals surface area (Å²) in [4.78, 5) is 14.5. The first-order valence-corrected chi connectivity index (χ1v) is 6.05. The molecule has 0 spiro atoms. The van der Waals surface area contributed by atoms with E-state index in [0.29, 0.717) is 0 Å². The third-order valence-corrected chi connectivity index (χ3v) is 4.11. The van der Waals surface area contributed by atoms with Crippen molar-refractivity contribution in [3.63, 3.8) is 0 Å². The zero-order chi connectivity index (χ0) is 11.0. The van der Waals surface area contributed by atoms with E-state index in [4.69, 9.17) is 0 Å². The molecule has 0 radical (unpaired) electrons. The first-order valence-electron chi connectivity index (χ1n) is 5.28. The normalized spacial score (nSPS) is 17.8. The van der Waals surface area contributed by atoms with Crippen LogP contribution in [0.5, 0.6) is 0 Å². The highest BCUT2D eigenvalue weighted by molar-refractivity contribution is 7.13. The average molecular weight is 230 g/mol. The number of hydrogen-bond donors (Lipinski definition) is 0. The fraction of sp³-hybridized carbons (Fsp3) is 0.333. The number of benzene rings is 1. The third-order valence-electron chi connectivity index (χ3n) is 3.33. The van der Waals surface area contributed by atoms with Crippen LogP contribution in [0.3, 0.4) is 0 Å². The maximum atomic E-state index is 10.5. The lowest BCUT2D eigenvalue weighted by Gasteiger charge is -2.37. The summed E-state index contributed by atoms with van der Waals surface area (Å²) >= 11 is 1.49. The van der Waals surface area contributed by atoms with Crippen LogP contribution in [0.4, 0.5) is 0 Å². The molecule has 0 amide bonds. The summed E-state index contributed by atoms with van der Waals surface area (Å²) in [7, 11) is 0. The molecule has 0 unspecified atom stereocenters. The Balaban J connectivity index is 2.13. The Kier molecular flexibility index (Phi) is 2.13. The van der Waals surface area contributed by atoms with E-state index in [9.17, 15) is 4.79 Å². The van der Waals surface area contributed by atoms with Crippen LogP contribution >= 0.6 is 11.5 Å². The van der Waals surface area contributed by atoms with Crippen LogP contribution in [0, 0.1) is 0 Å². The average Bonchev–Trinajstić information content (AvgIpc) is 2.70. The predicted octanol–water partition coefficient (Wildman–Crippen LogP) is 3.01. The van der Waals surface area contributed by atoms with Crippen molar-refractivity contribution in [2.75, 3.05) is 0 Å². The van der Waals surface area contributed by atoms with Crippen molar-refractivity contribution in [2.24, 2.45) is 4.99 Å². The minimum Gasteiger partial charge on any atom is -0.211 e. The number of hydrogen-bond acceptors (Lipinski definition) is 4. The molecule has 1 saturated carbocycles. The molecule has 3 nitrogen and oxygen atoms in total. The molecular weight excluding hydrogens is 220 g/mol. The Morgan fingerprint density at radius 2 is 2.31 bits per heavy atom. The van der Waals surface area contributed by atoms with E-state index in [2.05, 4.69) is 27.6 Å². The lowest BCUT2D eigenvalue weighted by molar-refractivity contribution is 0.256. The van der Waals surface area contributed by atoms with Gasteiger partial charge in [-0.1, -0.05) is 6.07 Å². The fourth-order valence-electron chi connectivity index (χ4n) is 2.23. The van der Waals surface area contributed by atoms with E-state index in [1.807, 2.05) is 6.20 Å². The van der Waals surface area contributed by atoms with Crippen molar-refractivity contribution in [2.45, 2.75) is 24.8 Å². The molecule has 1 fully saturated rings. The van der Waals surface area contributed by atoms with Gasteiger partial charge in [-0.25, -0.2) is 4.79 Å². The van der Waals surface area contributed by atoms with Gasteiger partial charge in [-0.05, 0) is 48.5 Å². The fourth-order valence-corrected chi connectivity index (χ4v) is 2.85. The van der Waals surface area contributed by atoms with Crippen LogP contribution in [-0.2, 0) is 10.3 Å². The molecule has 0 atom stereocenters. The first kappa shape index (κ1) is 9.70. The Morgan fingerprint density at radius 3 is 3.00 bits per heavy atom. The zero-order valence-corrected chi connectivity index (χ0v) is 9.46. The number of rotatable bonds is 2. The van der Waals surface area contributed by atoms with Crippen LogP contribution in [0.15, 0.2) is 29.4 Å². The summed E-state index contributed by atoms with van der Waals surface area (Å²) in [5.74, 6) is 0. The Morgan fingerprint density at radius 1 is 1.44 bits per heavy atom. The molecule has 0 bridgehead atoms. The lowest BCUT2D eigenvalue weighted by Crippen LogP contribution is -2.31. The van der Waals surface area contributed by atoms with E-state index in [1.54, 1.807) is 6.08 Å². The van der Waals surface area contributed by atoms with Crippen molar-refractivity contribution in [3.8, 4) is 0 Å². The Labute approximate surface area is 97.0 Å². The Bertz CT molecular complexity index is 579. The zero-order valence-electron chi connectivity index (χ0n) is 8.64. The van der Waals surface area contributed by atoms with Crippen molar-refractivity contribution in [3.05, 3.63) is 30.0 Å². The summed E-state index contributed by atoms with van der Waals surface area (Å²) in [6.45, 7) is 0. The summed E-state index contributed by atoms with van der Waals surface area (Å²) in [6.07, 6.45) is 6.60. The molecule has 16 heavy (non-hydrogen) atoms. The molecule has 2 aromatic rings. The van der Waals surface area contributed by atoms with Crippen LogP contribution < -0.4 is 0 Å². The van der Waals surface area contributed by atoms with Gasteiger partial charge >= 0.3 is 0 Å². The lowest BCUT2D eigenvalue weighted by atomic mass is 9.72. The molecule has 1 aromatic heterocycles. The van der Waals surface area contributed by atoms with Gasteiger partial charge in [0.15, 0.2) is 0 Å². The summed E-state index contributed by atoms with van der Waals surface area (Å²) in [5.41, 5.74) is 0.826. The molecule has 1 aliphatic carbocycles. The molecular formula is C12H10N2OS. The number of carbonyl (C=O) groups excluding carboxylic acids is 1. The highest BCUT2D eigenvalue weighted by Gasteiger charge is 2.38. The highest BCUT2D eigenvalue weighted by atomic mass is 32.1. The molecule has 1 aliphatic rings. The molecule has 0 N–H and O–H groups in total. The highest BCUT2D eigenvalue weighted by Crippen LogP contribution is 2.45. The van der Waals surface area contributed by atoms with Crippen molar-refractivity contribution in [1.82, 2.24) is 4.37 Å². The molecule has 80 valence electrons. The van der Waals surface area contributed by atoms with Gasteiger partial charge in [-0.15, -0.1) is 0 Å². The minimum absolute atomic E-state index is 0.294. The summed E-state index contributed by atoms with van der Waals surface area (Å²) in [5, 5.41) is 1.13. The number of nitrogens with zero attached hydrogens (tertiary/aromatic N) is 2. The second kappa shape index (κ2) is 3.51. The smallest absolute Gasteiger partial charge is 0.211 e. The molecule has 1 aromatic carbocycles. The van der Waals surface area contributed by atoms with Crippen molar-refractivity contribution in [1.29, 1.82) is 0 Å². The number of aromatic nitrogens is 1. The Hall–Kier alpha value is -1.51. The quantitative estimate of drug-likeness (QED) is 0.588. The third kappa shape index (κ3) is 1.31. The molecule has 0 aliphatic heterocycles. The largest absolute Gasteiger partial charge is 0.235 e. The van der Waals surface area contributed by atoms with Crippen molar-refractivity contribution < 1.29 is 4.79 Å². The standard InChI is InChI=1S/C12H10N2OS/c15-8-13-12(4-1-5-12)10-2-3-11-9(6-10)7-14-16-11/h2-3,6-7H,1,4-5H2. The van der Waals surface area contributed by atoms with E-state index in [1.165, 1.54) is 16.2 Å². The second-order valence-electron chi connectivity index (χ2n) is 4.17. The van der Waals surface area contributed by atoms with Crippen LogP contribution in [0.1, 0.15) is 24.8 Å². The van der Waals surface area contributed by atoms with Gasteiger partial charge in [0.05, 0.1) is 10.2 Å². The number of isocyanates is 1. The van der Waals surface area contributed by atoms with E-state index in [-0.39, 0.29) is 5.54 Å². The van der Waals surface area contributed by atoms with E-state index < -0.39 is 0 Å². The summed E-state index contributed by atoms with van der Waals surface area (Å²) < 4.78 is 5.32. The van der Waals surface area contributed by atoms with E-state index in [0.717, 1.165) is 30.2 Å². The van der Waals surface area contributed by atoms with Crippen LogP contribution in [0.25, 0.3) is 10.1 Å². The van der Waals surface area contributed by atoms with Crippen LogP contribution in [0.2, 0.25) is 0 Å². The van der Waals surface area contributed by atoms with Crippen molar-refractivity contribution >= 4 is 27.7 Å². The van der Waals surface area contributed by atoms with Gasteiger partial charge in [-0.3, -0.25) is 0 Å². The number of fused-ring (bicyclic) bond motifs is 1. The predicted molar refractivity (Wildman–Crippen MR) is 63.3 cm³/mol. The maximum Gasteiger partial charge on any atom is 0.235 e. The minimum atomic E-state index is -0.294. The van der Waals surface area contributed by atoms with Gasteiger partial charge < -0.3 is 0 Å². The van der Waals surface area contributed by atoms with Gasteiger partial charge in [0.2, 0.25) is 6.08 Å². The van der Waals surface area contributed by atoms with E-state index >= 15 is 0 Å². The molecule has 3 rings (SSSR count). The van der Waals surface area contributed by atoms with Gasteiger partial charge in [-0.2, -0.15) is 9.37 Å². The molecule has 4 heteroatoms. The van der Waals surface area contributed by atoms with Gasteiger partial charge in [0.25, 0.3) is 0 Å². The van der Waals surface area contributed by atoms with Gasteiger partial charge in [0, 0.05) is 11.6 Å². The number of aliphatic imine (C=N–C) groups is 1. The topological polar surface area (TPSA) is 42.3 Å². The SMILES string of the molecule is O=C=NC1(c2ccc3sncc3c2)CCC1. The van der Waals surface area contributed by atoms with Gasteiger partial charge in [0.1, 0.15) is 0 Å². The maximum absolute atomic E-state index is 10.5. The second-order valence-corrected chi connectivity index (χ2v) is 5.00. The monoisotopic (exact) mass is 230 g/mol. The molecule has 1 heterocycles. The van der Waals surface area contributed by atoms with Crippen LogP contribution in [-0.4, -0.2) is 10.5 Å². The first-order chi connectivity index (χ1) is 7.84. The molecule has 0 saturated heterocycles.